The second-order valence-corrected chi connectivity index (χ2v) is 9.26. The first-order chi connectivity index (χ1) is 17.5. The largest absolute Gasteiger partial charge is 0.487 e. The summed E-state index contributed by atoms with van der Waals surface area (Å²) < 4.78 is 12.2. The number of carbonyl (C=O) groups excluding carboxylic acids is 2. The summed E-state index contributed by atoms with van der Waals surface area (Å²) in [5, 5.41) is 15.9. The fourth-order valence-corrected chi connectivity index (χ4v) is 5.00. The molecule has 5 rings (SSSR count). The molecule has 5 atom stereocenters. The lowest BCUT2D eigenvalue weighted by molar-refractivity contribution is -0.142. The van der Waals surface area contributed by atoms with E-state index in [1.54, 1.807) is 24.4 Å². The van der Waals surface area contributed by atoms with Crippen LogP contribution in [0.4, 0.5) is 5.69 Å². The molecule has 3 N–H and O–H groups in total. The van der Waals surface area contributed by atoms with Crippen molar-refractivity contribution in [3.8, 4) is 5.75 Å². The van der Waals surface area contributed by atoms with Gasteiger partial charge < -0.3 is 25.2 Å². The Kier molecular flexibility index (Phi) is 6.97. The molecule has 8 nitrogen and oxygen atoms in total. The summed E-state index contributed by atoms with van der Waals surface area (Å²) in [5.41, 5.74) is 3.08. The summed E-state index contributed by atoms with van der Waals surface area (Å²) in [6, 6.07) is 18.6. The van der Waals surface area contributed by atoms with Gasteiger partial charge in [-0.05, 0) is 49.2 Å². The Hall–Kier alpha value is -3.75. The van der Waals surface area contributed by atoms with Crippen molar-refractivity contribution in [1.29, 1.82) is 0 Å². The molecule has 0 bridgehead atoms. The lowest BCUT2D eigenvalue weighted by Crippen LogP contribution is -2.47. The van der Waals surface area contributed by atoms with Gasteiger partial charge in [-0.25, -0.2) is 0 Å². The standard InChI is InChI=1S/C28H29N3O5/c1-17(18-6-3-2-4-7-18)30-26(33)14-21-13-23-22-12-20(31-28(34)19-8-5-11-29-15-19)9-10-24(22)36-27(23)25(16-32)35-21/h2-12,15,17,21,23,25,27,32H,13-14,16H2,1H3,(H,30,33)(H,31,34)/t17-,21-,23+,25-,27-/m1/s1. The van der Waals surface area contributed by atoms with Crippen molar-refractivity contribution in [3.63, 3.8) is 0 Å². The molecule has 1 saturated heterocycles. The average molecular weight is 488 g/mol. The van der Waals surface area contributed by atoms with Gasteiger partial charge in [0.1, 0.15) is 18.0 Å². The van der Waals surface area contributed by atoms with Gasteiger partial charge in [-0.3, -0.25) is 14.6 Å². The molecule has 0 spiro atoms. The SMILES string of the molecule is C[C@@H](NC(=O)C[C@H]1C[C@H]2c3cc(NC(=O)c4cccnc4)ccc3O[C@H]2[C@@H](CO)O1)c1ccccc1. The van der Waals surface area contributed by atoms with Crippen molar-refractivity contribution < 1.29 is 24.2 Å². The molecule has 3 heterocycles. The predicted octanol–water partition coefficient (Wildman–Crippen LogP) is 3.60. The van der Waals surface area contributed by atoms with E-state index >= 15 is 0 Å². The van der Waals surface area contributed by atoms with E-state index in [9.17, 15) is 14.7 Å². The van der Waals surface area contributed by atoms with Crippen molar-refractivity contribution in [3.05, 3.63) is 89.7 Å². The van der Waals surface area contributed by atoms with Gasteiger partial charge in [-0.1, -0.05) is 30.3 Å². The van der Waals surface area contributed by atoms with Gasteiger partial charge in [0.05, 0.1) is 30.7 Å². The van der Waals surface area contributed by atoms with E-state index in [1.807, 2.05) is 49.4 Å². The minimum Gasteiger partial charge on any atom is -0.487 e. The third-order valence-corrected chi connectivity index (χ3v) is 6.77. The number of carbonyl (C=O) groups is 2. The summed E-state index contributed by atoms with van der Waals surface area (Å²) in [7, 11) is 0. The molecule has 3 aromatic rings. The molecule has 186 valence electrons. The number of fused-ring (bicyclic) bond motifs is 3. The van der Waals surface area contributed by atoms with Crippen LogP contribution in [0, 0.1) is 0 Å². The van der Waals surface area contributed by atoms with Crippen LogP contribution >= 0.6 is 0 Å². The van der Waals surface area contributed by atoms with Crippen molar-refractivity contribution in [1.82, 2.24) is 10.3 Å². The minimum atomic E-state index is -0.547. The number of pyridine rings is 1. The molecule has 2 aliphatic heterocycles. The zero-order valence-corrected chi connectivity index (χ0v) is 20.0. The normalized spacial score (nSPS) is 23.1. The Morgan fingerprint density at radius 1 is 1.14 bits per heavy atom. The number of hydrogen-bond donors (Lipinski definition) is 3. The van der Waals surface area contributed by atoms with Gasteiger partial charge in [0.25, 0.3) is 5.91 Å². The van der Waals surface area contributed by atoms with Crippen LogP contribution in [0.2, 0.25) is 0 Å². The van der Waals surface area contributed by atoms with Crippen LogP contribution in [-0.2, 0) is 9.53 Å². The van der Waals surface area contributed by atoms with E-state index in [-0.39, 0.29) is 49.0 Å². The molecule has 0 radical (unpaired) electrons. The van der Waals surface area contributed by atoms with E-state index in [4.69, 9.17) is 9.47 Å². The highest BCUT2D eigenvalue weighted by Gasteiger charge is 2.46. The van der Waals surface area contributed by atoms with Gasteiger partial charge in [-0.15, -0.1) is 0 Å². The Morgan fingerprint density at radius 3 is 2.72 bits per heavy atom. The number of aliphatic hydroxyl groups is 1. The quantitative estimate of drug-likeness (QED) is 0.470. The number of ether oxygens (including phenoxy) is 2. The maximum atomic E-state index is 12.8. The zero-order chi connectivity index (χ0) is 25.1. The Labute approximate surface area is 209 Å². The number of aromatic nitrogens is 1. The molecule has 2 amide bonds. The fraction of sp³-hybridized carbons (Fsp3) is 0.321. The van der Waals surface area contributed by atoms with Crippen LogP contribution in [0.5, 0.6) is 5.75 Å². The topological polar surface area (TPSA) is 110 Å². The monoisotopic (exact) mass is 487 g/mol. The first-order valence-corrected chi connectivity index (χ1v) is 12.1. The molecule has 1 aromatic heterocycles. The lowest BCUT2D eigenvalue weighted by atomic mass is 9.84. The van der Waals surface area contributed by atoms with Crippen molar-refractivity contribution in [2.45, 2.75) is 50.0 Å². The number of hydrogen-bond acceptors (Lipinski definition) is 6. The van der Waals surface area contributed by atoms with Gasteiger partial charge in [0.15, 0.2) is 0 Å². The molecule has 1 fully saturated rings. The van der Waals surface area contributed by atoms with Crippen LogP contribution in [0.25, 0.3) is 0 Å². The Balaban J connectivity index is 1.28. The third kappa shape index (κ3) is 5.10. The first kappa shape index (κ1) is 24.0. The van der Waals surface area contributed by atoms with Gasteiger partial charge in [-0.2, -0.15) is 0 Å². The van der Waals surface area contributed by atoms with Crippen LogP contribution in [0.15, 0.2) is 73.1 Å². The average Bonchev–Trinajstić information content (AvgIpc) is 3.27. The predicted molar refractivity (Wildman–Crippen MR) is 134 cm³/mol. The molecule has 2 aromatic carbocycles. The van der Waals surface area contributed by atoms with Gasteiger partial charge in [0, 0.05) is 29.6 Å². The van der Waals surface area contributed by atoms with Crippen molar-refractivity contribution in [2.75, 3.05) is 11.9 Å². The van der Waals surface area contributed by atoms with Gasteiger partial charge >= 0.3 is 0 Å². The number of nitrogens with one attached hydrogen (secondary N) is 2. The molecule has 0 unspecified atom stereocenters. The second kappa shape index (κ2) is 10.5. The Bertz CT molecular complexity index is 1220. The van der Waals surface area contributed by atoms with E-state index in [1.165, 1.54) is 6.20 Å². The van der Waals surface area contributed by atoms with Crippen LogP contribution in [0.3, 0.4) is 0 Å². The number of nitrogens with zero attached hydrogens (tertiary/aromatic N) is 1. The summed E-state index contributed by atoms with van der Waals surface area (Å²) >= 11 is 0. The highest BCUT2D eigenvalue weighted by molar-refractivity contribution is 6.04. The summed E-state index contributed by atoms with van der Waals surface area (Å²) in [4.78, 5) is 29.4. The van der Waals surface area contributed by atoms with Gasteiger partial charge in [0.2, 0.25) is 5.91 Å². The summed E-state index contributed by atoms with van der Waals surface area (Å²) in [6.07, 6.45) is 2.62. The number of rotatable bonds is 7. The molecular weight excluding hydrogens is 458 g/mol. The lowest BCUT2D eigenvalue weighted by Gasteiger charge is -2.37. The van der Waals surface area contributed by atoms with E-state index < -0.39 is 6.10 Å². The number of benzene rings is 2. The Morgan fingerprint density at radius 2 is 1.97 bits per heavy atom. The molecule has 2 aliphatic rings. The number of anilines is 1. The van der Waals surface area contributed by atoms with Crippen LogP contribution in [-0.4, -0.2) is 46.8 Å². The van der Waals surface area contributed by atoms with E-state index in [2.05, 4.69) is 15.6 Å². The highest BCUT2D eigenvalue weighted by Crippen LogP contribution is 2.47. The van der Waals surface area contributed by atoms with Crippen LogP contribution < -0.4 is 15.4 Å². The smallest absolute Gasteiger partial charge is 0.257 e. The third-order valence-electron chi connectivity index (χ3n) is 6.77. The molecule has 8 heteroatoms. The maximum absolute atomic E-state index is 12.8. The van der Waals surface area contributed by atoms with Crippen LogP contribution in [0.1, 0.15) is 53.2 Å². The summed E-state index contributed by atoms with van der Waals surface area (Å²) in [6.45, 7) is 1.74. The fourth-order valence-electron chi connectivity index (χ4n) is 5.00. The van der Waals surface area contributed by atoms with Crippen molar-refractivity contribution in [2.24, 2.45) is 0 Å². The number of amides is 2. The minimum absolute atomic E-state index is 0.0644. The molecule has 0 saturated carbocycles. The highest BCUT2D eigenvalue weighted by atomic mass is 16.6. The molecule has 0 aliphatic carbocycles. The zero-order valence-electron chi connectivity index (χ0n) is 20.0. The van der Waals surface area contributed by atoms with E-state index in [0.717, 1.165) is 11.1 Å². The first-order valence-electron chi connectivity index (χ1n) is 12.1. The van der Waals surface area contributed by atoms with Crippen molar-refractivity contribution >= 4 is 17.5 Å². The molecular formula is C28H29N3O5. The summed E-state index contributed by atoms with van der Waals surface area (Å²) in [5.74, 6) is 0.281. The van der Waals surface area contributed by atoms with E-state index in [0.29, 0.717) is 23.4 Å². The number of aliphatic hydroxyl groups excluding tert-OH is 1. The maximum Gasteiger partial charge on any atom is 0.257 e. The molecule has 36 heavy (non-hydrogen) atoms. The second-order valence-electron chi connectivity index (χ2n) is 9.26.